The highest BCUT2D eigenvalue weighted by Gasteiger charge is 2.58. The molecule has 2 unspecified atom stereocenters. The molecular weight excluding hydrogens is 317 g/mol. The summed E-state index contributed by atoms with van der Waals surface area (Å²) >= 11 is 0. The van der Waals surface area contributed by atoms with E-state index in [-0.39, 0.29) is 22.4 Å². The Morgan fingerprint density at radius 1 is 1.48 bits per heavy atom. The third-order valence-electron chi connectivity index (χ3n) is 5.70. The van der Waals surface area contributed by atoms with Gasteiger partial charge in [0.15, 0.2) is 5.78 Å². The minimum absolute atomic E-state index is 0.0406. The van der Waals surface area contributed by atoms with E-state index in [9.17, 15) is 9.18 Å². The number of carbonyl (C=O) groups excluding carboxylic acids is 1. The third kappa shape index (κ3) is 2.33. The lowest BCUT2D eigenvalue weighted by atomic mass is 9.92. The lowest BCUT2D eigenvalue weighted by Gasteiger charge is -2.13. The Morgan fingerprint density at radius 2 is 2.28 bits per heavy atom. The molecule has 2 atom stereocenters. The zero-order valence-electron chi connectivity index (χ0n) is 14.5. The molecule has 3 N–H and O–H groups in total. The van der Waals surface area contributed by atoms with Crippen molar-refractivity contribution in [3.63, 3.8) is 0 Å². The fraction of sp³-hybridized carbons (Fsp3) is 0.400. The number of nitrogens with zero attached hydrogens (tertiary/aromatic N) is 1. The highest BCUT2D eigenvalue weighted by molar-refractivity contribution is 6.00. The number of rotatable bonds is 4. The van der Waals surface area contributed by atoms with Crippen molar-refractivity contribution in [1.82, 2.24) is 4.98 Å². The van der Waals surface area contributed by atoms with Crippen LogP contribution in [0.4, 0.5) is 15.9 Å². The van der Waals surface area contributed by atoms with Gasteiger partial charge in [0.05, 0.1) is 5.56 Å². The first-order chi connectivity index (χ1) is 12.0. The predicted octanol–water partition coefficient (Wildman–Crippen LogP) is 4.16. The fourth-order valence-corrected chi connectivity index (χ4v) is 4.29. The number of pyridine rings is 1. The number of hydrogen-bond acceptors (Lipinski definition) is 4. The van der Waals surface area contributed by atoms with Crippen LogP contribution in [0.1, 0.15) is 49.0 Å². The topological polar surface area (TPSA) is 68.0 Å². The van der Waals surface area contributed by atoms with E-state index in [0.29, 0.717) is 17.0 Å². The maximum absolute atomic E-state index is 14.9. The lowest BCUT2D eigenvalue weighted by Crippen LogP contribution is -2.12. The average molecular weight is 339 g/mol. The Hall–Kier alpha value is -2.43. The number of nitrogen functional groups attached to an aromatic ring is 1. The summed E-state index contributed by atoms with van der Waals surface area (Å²) in [7, 11) is 0. The molecule has 2 aromatic rings. The predicted molar refractivity (Wildman–Crippen MR) is 97.2 cm³/mol. The van der Waals surface area contributed by atoms with E-state index < -0.39 is 5.82 Å². The van der Waals surface area contributed by atoms with Gasteiger partial charge in [0.1, 0.15) is 11.6 Å². The number of aromatic nitrogens is 1. The first-order valence-electron chi connectivity index (χ1n) is 8.81. The number of nitrogens with one attached hydrogen (secondary N) is 1. The number of halogens is 1. The van der Waals surface area contributed by atoms with Crippen LogP contribution >= 0.6 is 0 Å². The number of Topliss-reactive ketones (excluding diaryl/α,β-unsaturated/α-hetero) is 1. The summed E-state index contributed by atoms with van der Waals surface area (Å²) in [6.07, 6.45) is 5.20. The normalized spacial score (nSPS) is 23.4. The van der Waals surface area contributed by atoms with Crippen LogP contribution in [-0.2, 0) is 5.41 Å². The van der Waals surface area contributed by atoms with Gasteiger partial charge in [-0.2, -0.15) is 0 Å². The van der Waals surface area contributed by atoms with Gasteiger partial charge in [0.25, 0.3) is 0 Å². The zero-order chi connectivity index (χ0) is 17.8. The average Bonchev–Trinajstić information content (AvgIpc) is 3.14. The molecule has 5 heteroatoms. The van der Waals surface area contributed by atoms with Crippen LogP contribution in [-0.4, -0.2) is 17.3 Å². The van der Waals surface area contributed by atoms with Crippen molar-refractivity contribution in [1.29, 1.82) is 0 Å². The van der Waals surface area contributed by atoms with Crippen LogP contribution in [0.2, 0.25) is 0 Å². The summed E-state index contributed by atoms with van der Waals surface area (Å²) in [5.41, 5.74) is 8.33. The molecule has 0 amide bonds. The molecule has 0 bridgehead atoms. The SMILES string of the molecule is CCCC1CC12CNc1ncc(-c3ccc(N)c(C(C)=O)c3F)cc12. The molecule has 1 saturated carbocycles. The Bertz CT molecular complexity index is 879. The van der Waals surface area contributed by atoms with Crippen LogP contribution in [0.3, 0.4) is 0 Å². The second-order valence-electron chi connectivity index (χ2n) is 7.27. The minimum atomic E-state index is -0.560. The van der Waals surface area contributed by atoms with Gasteiger partial charge in [-0.25, -0.2) is 9.37 Å². The van der Waals surface area contributed by atoms with Crippen molar-refractivity contribution < 1.29 is 9.18 Å². The van der Waals surface area contributed by atoms with Crippen molar-refractivity contribution in [2.45, 2.75) is 38.5 Å². The van der Waals surface area contributed by atoms with Crippen molar-refractivity contribution >= 4 is 17.3 Å². The van der Waals surface area contributed by atoms with E-state index in [1.54, 1.807) is 18.3 Å². The number of nitrogens with two attached hydrogens (primary N) is 1. The summed E-state index contributed by atoms with van der Waals surface area (Å²) in [4.78, 5) is 16.3. The number of carbonyl (C=O) groups is 1. The molecule has 1 aliphatic heterocycles. The Morgan fingerprint density at radius 3 is 3.00 bits per heavy atom. The number of benzene rings is 1. The number of ketones is 1. The summed E-state index contributed by atoms with van der Waals surface area (Å²) in [5, 5.41) is 3.39. The molecule has 0 radical (unpaired) electrons. The summed E-state index contributed by atoms with van der Waals surface area (Å²) in [6.45, 7) is 4.45. The molecule has 2 aliphatic rings. The van der Waals surface area contributed by atoms with Gasteiger partial charge in [-0.15, -0.1) is 0 Å². The maximum Gasteiger partial charge on any atom is 0.164 e. The van der Waals surface area contributed by atoms with E-state index >= 15 is 0 Å². The molecule has 1 aromatic heterocycles. The van der Waals surface area contributed by atoms with Crippen molar-refractivity contribution in [2.24, 2.45) is 5.92 Å². The number of anilines is 2. The van der Waals surface area contributed by atoms with Crippen LogP contribution in [0.5, 0.6) is 0 Å². The molecule has 1 spiro atoms. The second-order valence-corrected chi connectivity index (χ2v) is 7.27. The van der Waals surface area contributed by atoms with E-state index in [1.165, 1.54) is 25.3 Å². The van der Waals surface area contributed by atoms with Gasteiger partial charge in [0, 0.05) is 40.5 Å². The standard InChI is InChI=1S/C20H22FN3O/c1-3-4-13-8-20(13)10-24-19-15(20)7-12(9-23-19)14-5-6-16(22)17(11(2)25)18(14)21/h5-7,9,13H,3-4,8,10,22H2,1-2H3,(H,23,24). The molecule has 25 heavy (non-hydrogen) atoms. The Kier molecular flexibility index (Phi) is 3.56. The third-order valence-corrected chi connectivity index (χ3v) is 5.70. The maximum atomic E-state index is 14.9. The number of fused-ring (bicyclic) bond motifs is 2. The summed E-state index contributed by atoms with van der Waals surface area (Å²) in [6, 6.07) is 5.26. The van der Waals surface area contributed by atoms with Gasteiger partial charge >= 0.3 is 0 Å². The summed E-state index contributed by atoms with van der Waals surface area (Å²) in [5.74, 6) is 0.654. The van der Waals surface area contributed by atoms with Crippen LogP contribution < -0.4 is 11.1 Å². The number of hydrogen-bond donors (Lipinski definition) is 2. The molecule has 1 aromatic carbocycles. The molecule has 130 valence electrons. The highest BCUT2D eigenvalue weighted by atomic mass is 19.1. The van der Waals surface area contributed by atoms with Crippen LogP contribution in [0, 0.1) is 11.7 Å². The minimum Gasteiger partial charge on any atom is -0.398 e. The lowest BCUT2D eigenvalue weighted by molar-refractivity contribution is 0.101. The highest BCUT2D eigenvalue weighted by Crippen LogP contribution is 2.60. The van der Waals surface area contributed by atoms with Crippen molar-refractivity contribution in [3.8, 4) is 11.1 Å². The van der Waals surface area contributed by atoms with Crippen molar-refractivity contribution in [2.75, 3.05) is 17.6 Å². The Balaban J connectivity index is 1.79. The second kappa shape index (κ2) is 5.55. The fourth-order valence-electron chi connectivity index (χ4n) is 4.29. The van der Waals surface area contributed by atoms with Gasteiger partial charge in [-0.05, 0) is 43.9 Å². The summed E-state index contributed by atoms with van der Waals surface area (Å²) < 4.78 is 14.9. The molecule has 4 nitrogen and oxygen atoms in total. The first-order valence-corrected chi connectivity index (χ1v) is 8.81. The quantitative estimate of drug-likeness (QED) is 0.648. The zero-order valence-corrected chi connectivity index (χ0v) is 14.5. The molecular formula is C20H22FN3O. The van der Waals surface area contributed by atoms with E-state index in [1.807, 2.05) is 6.07 Å². The largest absolute Gasteiger partial charge is 0.398 e. The van der Waals surface area contributed by atoms with Gasteiger partial charge < -0.3 is 11.1 Å². The van der Waals surface area contributed by atoms with E-state index in [2.05, 4.69) is 17.2 Å². The Labute approximate surface area is 146 Å². The smallest absolute Gasteiger partial charge is 0.164 e. The monoisotopic (exact) mass is 339 g/mol. The molecule has 0 saturated heterocycles. The van der Waals surface area contributed by atoms with Crippen LogP contribution in [0.25, 0.3) is 11.1 Å². The van der Waals surface area contributed by atoms with Gasteiger partial charge in [0.2, 0.25) is 0 Å². The van der Waals surface area contributed by atoms with Gasteiger partial charge in [-0.3, -0.25) is 4.79 Å². The molecule has 1 aliphatic carbocycles. The molecule has 1 fully saturated rings. The molecule has 4 rings (SSSR count). The first kappa shape index (κ1) is 16.1. The van der Waals surface area contributed by atoms with E-state index in [4.69, 9.17) is 5.73 Å². The van der Waals surface area contributed by atoms with Gasteiger partial charge in [-0.1, -0.05) is 13.3 Å². The van der Waals surface area contributed by atoms with Crippen molar-refractivity contribution in [3.05, 3.63) is 41.3 Å². The van der Waals surface area contributed by atoms with E-state index in [0.717, 1.165) is 18.8 Å². The van der Waals surface area contributed by atoms with Crippen LogP contribution in [0.15, 0.2) is 24.4 Å². The molecule has 2 heterocycles.